The first kappa shape index (κ1) is 38.9. The van der Waals surface area contributed by atoms with Crippen LogP contribution < -0.4 is 4.90 Å². The first-order valence-electron chi connectivity index (χ1n) is 24.1. The molecular formula is C67H41NO2. The van der Waals surface area contributed by atoms with Crippen molar-refractivity contribution >= 4 is 60.9 Å². The van der Waals surface area contributed by atoms with Gasteiger partial charge in [0.05, 0.1) is 16.5 Å². The highest BCUT2D eigenvalue weighted by molar-refractivity contribution is 6.19. The number of benzene rings is 11. The lowest BCUT2D eigenvalue weighted by Gasteiger charge is -2.30. The summed E-state index contributed by atoms with van der Waals surface area (Å²) >= 11 is 0. The van der Waals surface area contributed by atoms with E-state index in [1.807, 2.05) is 6.07 Å². The Morgan fingerprint density at radius 3 is 1.59 bits per heavy atom. The van der Waals surface area contributed by atoms with Gasteiger partial charge in [-0.2, -0.15) is 0 Å². The summed E-state index contributed by atoms with van der Waals surface area (Å²) in [7, 11) is 0. The number of anilines is 3. The van der Waals surface area contributed by atoms with Crippen molar-refractivity contribution in [3.05, 3.63) is 271 Å². The maximum Gasteiger partial charge on any atom is 0.143 e. The third-order valence-electron chi connectivity index (χ3n) is 15.1. The van der Waals surface area contributed by atoms with Crippen LogP contribution in [0.2, 0.25) is 0 Å². The monoisotopic (exact) mass is 891 g/mol. The lowest BCUT2D eigenvalue weighted by Crippen LogP contribution is -2.25. The van der Waals surface area contributed by atoms with Gasteiger partial charge in [-0.3, -0.25) is 0 Å². The standard InChI is InChI=1S/C67H41NO2/c1-3-17-42(18-4-1)44-33-35-47(36-34-44)68(59-30-16-32-61-64(59)53-24-10-14-31-60(53)69-61)48-40-45(43-19-5-2-6-20-43)39-46(41-48)49-25-15-26-54-65-62(70-66(49)54)38-37-58-63(65)52-23-9-13-29-57(52)67(58)55-27-11-7-21-50(55)51-22-8-12-28-56(51)67/h1-41H. The van der Waals surface area contributed by atoms with Crippen molar-refractivity contribution in [2.24, 2.45) is 0 Å². The molecule has 0 radical (unpaired) electrons. The SMILES string of the molecule is c1ccc(-c2ccc(N(c3cc(-c4ccccc4)cc(-c4cccc5c4oc4ccc6c(c45)-c4ccccc4C64c5ccccc5-c5ccccc54)c3)c3cccc4oc5ccccc5c34)cc2)cc1. The van der Waals surface area contributed by atoms with Crippen molar-refractivity contribution in [2.45, 2.75) is 5.41 Å². The molecule has 1 spiro atoms. The van der Waals surface area contributed by atoms with Gasteiger partial charge >= 0.3 is 0 Å². The van der Waals surface area contributed by atoms with E-state index in [4.69, 9.17) is 8.83 Å². The van der Waals surface area contributed by atoms with Crippen LogP contribution >= 0.6 is 0 Å². The molecule has 0 fully saturated rings. The van der Waals surface area contributed by atoms with Gasteiger partial charge in [-0.05, 0) is 127 Å². The molecule has 70 heavy (non-hydrogen) atoms. The van der Waals surface area contributed by atoms with E-state index in [1.165, 1.54) is 50.1 Å². The third-order valence-corrected chi connectivity index (χ3v) is 15.1. The van der Waals surface area contributed by atoms with Crippen molar-refractivity contribution in [2.75, 3.05) is 4.90 Å². The molecule has 13 aromatic rings. The summed E-state index contributed by atoms with van der Waals surface area (Å²) in [6, 6.07) is 90.2. The number of hydrogen-bond acceptors (Lipinski definition) is 3. The van der Waals surface area contributed by atoms with Crippen LogP contribution in [-0.4, -0.2) is 0 Å². The molecule has 0 bridgehead atoms. The molecule has 0 aliphatic heterocycles. The Bertz CT molecular complexity index is 4190. The molecule has 0 saturated carbocycles. The van der Waals surface area contributed by atoms with E-state index in [9.17, 15) is 0 Å². The van der Waals surface area contributed by atoms with Gasteiger partial charge in [-0.1, -0.05) is 194 Å². The minimum atomic E-state index is -0.445. The summed E-state index contributed by atoms with van der Waals surface area (Å²) in [6.07, 6.45) is 0. The fourth-order valence-electron chi connectivity index (χ4n) is 12.2. The van der Waals surface area contributed by atoms with E-state index in [0.717, 1.165) is 88.8 Å². The zero-order chi connectivity index (χ0) is 45.9. The molecule has 2 aromatic heterocycles. The van der Waals surface area contributed by atoms with E-state index in [1.54, 1.807) is 0 Å². The number of nitrogens with zero attached hydrogens (tertiary/aromatic N) is 1. The van der Waals surface area contributed by atoms with Crippen LogP contribution in [0.3, 0.4) is 0 Å². The van der Waals surface area contributed by atoms with Gasteiger partial charge in [-0.15, -0.1) is 0 Å². The first-order chi connectivity index (χ1) is 34.7. The molecule has 0 unspecified atom stereocenters. The van der Waals surface area contributed by atoms with Gasteiger partial charge in [0.15, 0.2) is 0 Å². The van der Waals surface area contributed by atoms with Gasteiger partial charge in [0.2, 0.25) is 0 Å². The summed E-state index contributed by atoms with van der Waals surface area (Å²) in [5, 5.41) is 4.39. The van der Waals surface area contributed by atoms with E-state index in [-0.39, 0.29) is 0 Å². The van der Waals surface area contributed by atoms with Crippen molar-refractivity contribution in [1.29, 1.82) is 0 Å². The first-order valence-corrected chi connectivity index (χ1v) is 24.1. The van der Waals surface area contributed by atoms with Gasteiger partial charge in [0.1, 0.15) is 22.3 Å². The van der Waals surface area contributed by atoms with E-state index >= 15 is 0 Å². The molecule has 326 valence electrons. The van der Waals surface area contributed by atoms with Crippen molar-refractivity contribution in [3.63, 3.8) is 0 Å². The minimum Gasteiger partial charge on any atom is -0.456 e. The van der Waals surface area contributed by atoms with Crippen LogP contribution in [0.25, 0.3) is 99.5 Å². The molecule has 2 aliphatic rings. The zero-order valence-corrected chi connectivity index (χ0v) is 37.9. The highest BCUT2D eigenvalue weighted by Gasteiger charge is 2.52. The van der Waals surface area contributed by atoms with E-state index < -0.39 is 5.41 Å². The summed E-state index contributed by atoms with van der Waals surface area (Å²) in [5.74, 6) is 0. The molecule has 2 heterocycles. The second-order valence-electron chi connectivity index (χ2n) is 18.7. The summed E-state index contributed by atoms with van der Waals surface area (Å²) < 4.78 is 13.7. The predicted octanol–water partition coefficient (Wildman–Crippen LogP) is 18.3. The Morgan fingerprint density at radius 2 is 0.843 bits per heavy atom. The Morgan fingerprint density at radius 1 is 0.300 bits per heavy atom. The lowest BCUT2D eigenvalue weighted by atomic mass is 9.70. The summed E-state index contributed by atoms with van der Waals surface area (Å²) in [6.45, 7) is 0. The number of rotatable bonds is 6. The van der Waals surface area contributed by atoms with E-state index in [2.05, 4.69) is 248 Å². The number of para-hydroxylation sites is 2. The van der Waals surface area contributed by atoms with Crippen LogP contribution in [-0.2, 0) is 5.41 Å². The molecule has 11 aromatic carbocycles. The maximum atomic E-state index is 7.21. The molecule has 3 heteroatoms. The van der Waals surface area contributed by atoms with Crippen LogP contribution in [0.15, 0.2) is 258 Å². The van der Waals surface area contributed by atoms with Crippen molar-refractivity contribution in [3.8, 4) is 55.6 Å². The quantitative estimate of drug-likeness (QED) is 0.167. The maximum absolute atomic E-state index is 7.21. The largest absolute Gasteiger partial charge is 0.456 e. The summed E-state index contributed by atoms with van der Waals surface area (Å²) in [5.41, 5.74) is 23.1. The molecule has 0 amide bonds. The Kier molecular flexibility index (Phi) is 8.28. The molecule has 3 nitrogen and oxygen atoms in total. The van der Waals surface area contributed by atoms with Gasteiger partial charge in [0.25, 0.3) is 0 Å². The Balaban J connectivity index is 0.980. The summed E-state index contributed by atoms with van der Waals surface area (Å²) in [4.78, 5) is 2.40. The average Bonchev–Trinajstić information content (AvgIpc) is 4.17. The lowest BCUT2D eigenvalue weighted by molar-refractivity contribution is 0.669. The number of fused-ring (bicyclic) bond motifs is 17. The molecule has 2 aliphatic carbocycles. The van der Waals surface area contributed by atoms with Crippen LogP contribution in [0, 0.1) is 0 Å². The second-order valence-corrected chi connectivity index (χ2v) is 18.7. The minimum absolute atomic E-state index is 0.445. The van der Waals surface area contributed by atoms with Gasteiger partial charge < -0.3 is 13.7 Å². The molecular weight excluding hydrogens is 851 g/mol. The Hall–Kier alpha value is -9.18. The Labute approximate surface area is 404 Å². The van der Waals surface area contributed by atoms with Crippen molar-refractivity contribution < 1.29 is 8.83 Å². The predicted molar refractivity (Wildman–Crippen MR) is 288 cm³/mol. The van der Waals surface area contributed by atoms with E-state index in [0.29, 0.717) is 0 Å². The van der Waals surface area contributed by atoms with Crippen LogP contribution in [0.5, 0.6) is 0 Å². The topological polar surface area (TPSA) is 29.5 Å². The number of hydrogen-bond donors (Lipinski definition) is 0. The second kappa shape index (κ2) is 14.9. The third kappa shape index (κ3) is 5.46. The normalized spacial score (nSPS) is 13.0. The smallest absolute Gasteiger partial charge is 0.143 e. The fraction of sp³-hybridized carbons (Fsp3) is 0.0149. The van der Waals surface area contributed by atoms with Crippen molar-refractivity contribution in [1.82, 2.24) is 0 Å². The van der Waals surface area contributed by atoms with Gasteiger partial charge in [0, 0.05) is 33.1 Å². The van der Waals surface area contributed by atoms with Crippen LogP contribution in [0.1, 0.15) is 22.3 Å². The zero-order valence-electron chi connectivity index (χ0n) is 37.9. The fourth-order valence-corrected chi connectivity index (χ4v) is 12.2. The average molecular weight is 892 g/mol. The highest BCUT2D eigenvalue weighted by Crippen LogP contribution is 2.64. The number of furan rings is 2. The highest BCUT2D eigenvalue weighted by atomic mass is 16.3. The molecule has 0 atom stereocenters. The van der Waals surface area contributed by atoms with Crippen LogP contribution in [0.4, 0.5) is 17.1 Å². The molecule has 0 N–H and O–H groups in total. The van der Waals surface area contributed by atoms with Gasteiger partial charge in [-0.25, -0.2) is 0 Å². The molecule has 15 rings (SSSR count). The molecule has 0 saturated heterocycles.